The fourth-order valence-electron chi connectivity index (χ4n) is 4.62. The number of nitrogens with one attached hydrogen (secondary N) is 1. The first-order valence-electron chi connectivity index (χ1n) is 15.3. The van der Waals surface area contributed by atoms with Crippen molar-refractivity contribution in [1.29, 1.82) is 0 Å². The van der Waals surface area contributed by atoms with Crippen molar-refractivity contribution in [3.8, 4) is 0 Å². The molecule has 0 aromatic heterocycles. The zero-order valence-corrected chi connectivity index (χ0v) is 27.4. The summed E-state index contributed by atoms with van der Waals surface area (Å²) in [4.78, 5) is 39.7. The van der Waals surface area contributed by atoms with Crippen molar-refractivity contribution < 1.29 is 27.5 Å². The molecule has 1 N–H and O–H groups in total. The fraction of sp³-hybridized carbons (Fsp3) is 0.545. The van der Waals surface area contributed by atoms with Crippen LogP contribution in [0.3, 0.4) is 0 Å². The Morgan fingerprint density at radius 1 is 0.884 bits per heavy atom. The molecule has 0 aliphatic rings. The molecule has 0 bridgehead atoms. The van der Waals surface area contributed by atoms with Gasteiger partial charge in [-0.25, -0.2) is 13.2 Å². The van der Waals surface area contributed by atoms with Gasteiger partial charge in [0.25, 0.3) is 0 Å². The zero-order chi connectivity index (χ0) is 31.7. The van der Waals surface area contributed by atoms with Crippen molar-refractivity contribution in [2.75, 3.05) is 30.5 Å². The Morgan fingerprint density at radius 2 is 1.49 bits per heavy atom. The van der Waals surface area contributed by atoms with Crippen molar-refractivity contribution >= 4 is 44.9 Å². The first-order valence-corrected chi connectivity index (χ1v) is 17.5. The maximum Gasteiger partial charge on any atom is 0.338 e. The lowest BCUT2D eigenvalue weighted by Crippen LogP contribution is -2.37. The fourth-order valence-corrected chi connectivity index (χ4v) is 5.97. The molecule has 0 heterocycles. The van der Waals surface area contributed by atoms with E-state index in [9.17, 15) is 22.8 Å². The van der Waals surface area contributed by atoms with Crippen LogP contribution in [-0.4, -0.2) is 56.3 Å². The number of rotatable bonds is 20. The Balaban J connectivity index is 1.77. The molecule has 0 saturated carbocycles. The van der Waals surface area contributed by atoms with E-state index in [0.29, 0.717) is 13.0 Å². The molecule has 2 aromatic rings. The van der Waals surface area contributed by atoms with Crippen LogP contribution in [0.4, 0.5) is 5.69 Å². The minimum absolute atomic E-state index is 0.0790. The number of carbonyl (C=O) groups excluding carboxylic acids is 3. The van der Waals surface area contributed by atoms with Gasteiger partial charge in [-0.2, -0.15) is 0 Å². The summed E-state index contributed by atoms with van der Waals surface area (Å²) in [6, 6.07) is 13.7. The predicted octanol–water partition coefficient (Wildman–Crippen LogP) is 7.07. The van der Waals surface area contributed by atoms with Gasteiger partial charge >= 0.3 is 5.97 Å². The smallest absolute Gasteiger partial charge is 0.338 e. The van der Waals surface area contributed by atoms with Crippen LogP contribution in [0.5, 0.6) is 0 Å². The molecular weight excluding hydrogens is 588 g/mol. The van der Waals surface area contributed by atoms with Crippen LogP contribution in [0.1, 0.15) is 94.0 Å². The third kappa shape index (κ3) is 13.9. The number of anilines is 1. The van der Waals surface area contributed by atoms with Crippen LogP contribution >= 0.6 is 11.6 Å². The van der Waals surface area contributed by atoms with Gasteiger partial charge in [-0.15, -0.1) is 0 Å². The highest BCUT2D eigenvalue weighted by atomic mass is 35.5. The number of ether oxygens (including phenoxy) is 1. The van der Waals surface area contributed by atoms with E-state index in [1.54, 1.807) is 7.05 Å². The molecule has 8 nitrogen and oxygen atoms in total. The van der Waals surface area contributed by atoms with Gasteiger partial charge in [0.2, 0.25) is 11.8 Å². The summed E-state index contributed by atoms with van der Waals surface area (Å²) in [5, 5.41) is 2.80. The van der Waals surface area contributed by atoms with Crippen molar-refractivity contribution in [2.45, 2.75) is 84.6 Å². The average molecular weight is 635 g/mol. The number of halogens is 1. The summed E-state index contributed by atoms with van der Waals surface area (Å²) >= 11 is 6.24. The van der Waals surface area contributed by atoms with Crippen LogP contribution in [0, 0.1) is 5.92 Å². The number of benzene rings is 2. The molecule has 2 rings (SSSR count). The van der Waals surface area contributed by atoms with Crippen LogP contribution in [0.15, 0.2) is 48.5 Å². The Morgan fingerprint density at radius 3 is 2.12 bits per heavy atom. The molecule has 0 radical (unpaired) electrons. The lowest BCUT2D eigenvalue weighted by Gasteiger charge is -2.21. The summed E-state index contributed by atoms with van der Waals surface area (Å²) in [5.74, 6) is -2.84. The number of esters is 1. The first kappa shape index (κ1) is 36.3. The number of hydrogen-bond donors (Lipinski definition) is 1. The van der Waals surface area contributed by atoms with E-state index in [-0.39, 0.29) is 40.3 Å². The number of unbranched alkanes of at least 4 members (excludes halogenated alkanes) is 9. The summed E-state index contributed by atoms with van der Waals surface area (Å²) < 4.78 is 30.0. The molecule has 0 spiro atoms. The molecule has 0 aliphatic heterocycles. The Hall–Kier alpha value is -2.91. The van der Waals surface area contributed by atoms with Gasteiger partial charge < -0.3 is 15.0 Å². The van der Waals surface area contributed by atoms with Crippen LogP contribution in [0.2, 0.25) is 5.02 Å². The summed E-state index contributed by atoms with van der Waals surface area (Å²) in [7, 11) is -1.71. The second-order valence-corrected chi connectivity index (χ2v) is 13.8. The highest BCUT2D eigenvalue weighted by Gasteiger charge is 2.26. The summed E-state index contributed by atoms with van der Waals surface area (Å²) in [6.45, 7) is 3.80. The standard InChI is InChI=1S/C33H47ClN2O6S/c1-4-5-6-7-8-9-10-11-12-16-22-43(40,41)23-21-42-33(39)28-19-20-29(34)30(24-28)35-31(37)26(2)32(38)36(3)25-27-17-14-13-15-18-27/h13-15,17-20,24,26H,4-12,16,21-23,25H2,1-3H3,(H,35,37). The lowest BCUT2D eigenvalue weighted by atomic mass is 10.1. The molecule has 0 aliphatic carbocycles. The largest absolute Gasteiger partial charge is 0.461 e. The van der Waals surface area contributed by atoms with Gasteiger partial charge in [-0.3, -0.25) is 9.59 Å². The Labute approximate surface area is 262 Å². The molecule has 2 amide bonds. The van der Waals surface area contributed by atoms with Crippen LogP contribution in [-0.2, 0) is 30.7 Å². The highest BCUT2D eigenvalue weighted by Crippen LogP contribution is 2.24. The second-order valence-electron chi connectivity index (χ2n) is 11.1. The van der Waals surface area contributed by atoms with Crippen LogP contribution < -0.4 is 5.32 Å². The van der Waals surface area contributed by atoms with Crippen LogP contribution in [0.25, 0.3) is 0 Å². The molecular formula is C33H47ClN2O6S. The van der Waals surface area contributed by atoms with Gasteiger partial charge in [0.05, 0.1) is 27.8 Å². The molecule has 0 fully saturated rings. The summed E-state index contributed by atoms with van der Waals surface area (Å²) in [5.41, 5.74) is 1.19. The minimum atomic E-state index is -3.33. The van der Waals surface area contributed by atoms with Crippen molar-refractivity contribution in [1.82, 2.24) is 4.90 Å². The number of sulfone groups is 1. The maximum absolute atomic E-state index is 12.8. The number of hydrogen-bond acceptors (Lipinski definition) is 6. The Kier molecular flexibility index (Phi) is 16.4. The first-order chi connectivity index (χ1) is 20.5. The number of carbonyl (C=O) groups is 3. The second kappa shape index (κ2) is 19.4. The lowest BCUT2D eigenvalue weighted by molar-refractivity contribution is -0.139. The maximum atomic E-state index is 12.8. The van der Waals surface area contributed by atoms with Gasteiger partial charge in [0, 0.05) is 13.6 Å². The van der Waals surface area contributed by atoms with Gasteiger partial charge in [0.15, 0.2) is 9.84 Å². The molecule has 2 aromatic carbocycles. The average Bonchev–Trinajstić information content (AvgIpc) is 2.98. The van der Waals surface area contributed by atoms with Gasteiger partial charge in [-0.1, -0.05) is 107 Å². The third-order valence-corrected chi connectivity index (χ3v) is 9.33. The molecule has 43 heavy (non-hydrogen) atoms. The topological polar surface area (TPSA) is 110 Å². The molecule has 0 saturated heterocycles. The zero-order valence-electron chi connectivity index (χ0n) is 25.8. The van der Waals surface area contributed by atoms with E-state index >= 15 is 0 Å². The van der Waals surface area contributed by atoms with E-state index in [0.717, 1.165) is 24.8 Å². The highest BCUT2D eigenvalue weighted by molar-refractivity contribution is 7.91. The third-order valence-electron chi connectivity index (χ3n) is 7.30. The van der Waals surface area contributed by atoms with E-state index in [1.165, 1.54) is 68.5 Å². The van der Waals surface area contributed by atoms with E-state index < -0.39 is 27.6 Å². The molecule has 10 heteroatoms. The minimum Gasteiger partial charge on any atom is -0.461 e. The van der Waals surface area contributed by atoms with Crippen molar-refractivity contribution in [3.05, 3.63) is 64.7 Å². The normalized spacial score (nSPS) is 12.0. The molecule has 1 unspecified atom stereocenters. The monoisotopic (exact) mass is 634 g/mol. The molecule has 238 valence electrons. The van der Waals surface area contributed by atoms with E-state index in [4.69, 9.17) is 16.3 Å². The van der Waals surface area contributed by atoms with E-state index in [2.05, 4.69) is 12.2 Å². The number of amides is 2. The molecule has 1 atom stereocenters. The Bertz CT molecular complexity index is 1270. The van der Waals surface area contributed by atoms with Crippen molar-refractivity contribution in [2.24, 2.45) is 5.92 Å². The van der Waals surface area contributed by atoms with E-state index in [1.807, 2.05) is 30.3 Å². The summed E-state index contributed by atoms with van der Waals surface area (Å²) in [6.07, 6.45) is 11.2. The predicted molar refractivity (Wildman–Crippen MR) is 173 cm³/mol. The van der Waals surface area contributed by atoms with Gasteiger partial charge in [-0.05, 0) is 37.1 Å². The quantitative estimate of drug-likeness (QED) is 0.0948. The van der Waals surface area contributed by atoms with Gasteiger partial charge in [0.1, 0.15) is 12.5 Å². The number of nitrogens with zero attached hydrogens (tertiary/aromatic N) is 1. The van der Waals surface area contributed by atoms with Crippen molar-refractivity contribution in [3.63, 3.8) is 0 Å². The SMILES string of the molecule is CCCCCCCCCCCCS(=O)(=O)CCOC(=O)c1ccc(Cl)c(NC(=O)C(C)C(=O)N(C)Cc2ccccc2)c1.